The molecule has 0 heterocycles. The number of nitrogens with zero attached hydrogens (tertiary/aromatic N) is 1. The van der Waals surface area contributed by atoms with Crippen molar-refractivity contribution in [3.8, 4) is 0 Å². The average Bonchev–Trinajstić information content (AvgIpc) is 2.37. The monoisotopic (exact) mass is 268 g/mol. The molecule has 0 spiro atoms. The summed E-state index contributed by atoms with van der Waals surface area (Å²) in [4.78, 5) is 5.61. The molecular weight excluding hydrogens is 248 g/mol. The number of amidine groups is 1. The van der Waals surface area contributed by atoms with Gasteiger partial charge in [-0.15, -0.1) is 11.8 Å². The van der Waals surface area contributed by atoms with Gasteiger partial charge in [0.1, 0.15) is 0 Å². The van der Waals surface area contributed by atoms with E-state index in [2.05, 4.69) is 42.4 Å². The molecule has 2 nitrogen and oxygen atoms in total. The molecule has 0 aliphatic rings. The molecule has 0 fully saturated rings. The van der Waals surface area contributed by atoms with Crippen LogP contribution in [0.1, 0.15) is 25.3 Å². The maximum absolute atomic E-state index is 5.83. The van der Waals surface area contributed by atoms with Gasteiger partial charge in [-0.1, -0.05) is 37.2 Å². The van der Waals surface area contributed by atoms with Crippen molar-refractivity contribution < 1.29 is 0 Å². The van der Waals surface area contributed by atoms with Crippen molar-refractivity contribution in [1.82, 2.24) is 0 Å². The molecule has 0 radical (unpaired) electrons. The minimum Gasteiger partial charge on any atom is -0.379 e. The first-order valence-corrected chi connectivity index (χ1v) is 8.03. The van der Waals surface area contributed by atoms with E-state index in [0.717, 1.165) is 25.1 Å². The molecule has 1 aromatic carbocycles. The summed E-state index contributed by atoms with van der Waals surface area (Å²) >= 11 is 3.37. The van der Waals surface area contributed by atoms with Crippen molar-refractivity contribution in [3.05, 3.63) is 29.8 Å². The van der Waals surface area contributed by atoms with Crippen LogP contribution in [0.15, 0.2) is 34.2 Å². The Bertz CT molecular complexity index is 347. The van der Waals surface area contributed by atoms with Gasteiger partial charge in [0.25, 0.3) is 0 Å². The van der Waals surface area contributed by atoms with Crippen LogP contribution >= 0.6 is 23.5 Å². The molecular formula is C13H20N2S2. The van der Waals surface area contributed by atoms with E-state index in [-0.39, 0.29) is 0 Å². The number of benzene rings is 1. The second kappa shape index (κ2) is 8.48. The van der Waals surface area contributed by atoms with Crippen molar-refractivity contribution in [2.24, 2.45) is 10.7 Å². The SMILES string of the molecule is CCCCN=C(N)SCc1ccc(SC)cc1. The third-order valence-corrected chi connectivity index (χ3v) is 3.97. The van der Waals surface area contributed by atoms with E-state index in [1.807, 2.05) is 0 Å². The molecule has 0 atom stereocenters. The van der Waals surface area contributed by atoms with E-state index in [1.165, 1.54) is 10.5 Å². The van der Waals surface area contributed by atoms with Crippen LogP contribution in [0, 0.1) is 0 Å². The van der Waals surface area contributed by atoms with Crippen LogP contribution < -0.4 is 5.73 Å². The molecule has 94 valence electrons. The van der Waals surface area contributed by atoms with Crippen LogP contribution in [0.4, 0.5) is 0 Å². The molecule has 0 saturated heterocycles. The number of unbranched alkanes of at least 4 members (excludes halogenated alkanes) is 1. The van der Waals surface area contributed by atoms with E-state index >= 15 is 0 Å². The van der Waals surface area contributed by atoms with E-state index in [1.54, 1.807) is 23.5 Å². The number of aliphatic imine (C=N–C) groups is 1. The standard InChI is InChI=1S/C13H20N2S2/c1-3-4-9-15-13(14)17-10-11-5-7-12(16-2)8-6-11/h5-8H,3-4,9-10H2,1-2H3,(H2,14,15). The molecule has 1 rings (SSSR count). The summed E-state index contributed by atoms with van der Waals surface area (Å²) in [5, 5.41) is 0.701. The van der Waals surface area contributed by atoms with Crippen molar-refractivity contribution in [2.75, 3.05) is 12.8 Å². The molecule has 0 aromatic heterocycles. The first-order valence-electron chi connectivity index (χ1n) is 5.82. The van der Waals surface area contributed by atoms with E-state index in [0.29, 0.717) is 5.17 Å². The highest BCUT2D eigenvalue weighted by atomic mass is 32.2. The van der Waals surface area contributed by atoms with Gasteiger partial charge in [0.2, 0.25) is 0 Å². The molecule has 0 saturated carbocycles. The number of hydrogen-bond acceptors (Lipinski definition) is 3. The highest BCUT2D eigenvalue weighted by Crippen LogP contribution is 2.18. The third kappa shape index (κ3) is 6.03. The van der Waals surface area contributed by atoms with Crippen LogP contribution in [0.3, 0.4) is 0 Å². The molecule has 17 heavy (non-hydrogen) atoms. The lowest BCUT2D eigenvalue weighted by Gasteiger charge is -2.02. The lowest BCUT2D eigenvalue weighted by atomic mass is 10.2. The van der Waals surface area contributed by atoms with Gasteiger partial charge in [-0.3, -0.25) is 4.99 Å². The second-order valence-electron chi connectivity index (χ2n) is 3.71. The predicted molar refractivity (Wildman–Crippen MR) is 80.9 cm³/mol. The Morgan fingerprint density at radius 2 is 2.00 bits per heavy atom. The van der Waals surface area contributed by atoms with Crippen LogP contribution in [0.2, 0.25) is 0 Å². The molecule has 0 aliphatic carbocycles. The van der Waals surface area contributed by atoms with E-state index in [9.17, 15) is 0 Å². The Morgan fingerprint density at radius 3 is 2.59 bits per heavy atom. The van der Waals surface area contributed by atoms with Gasteiger partial charge in [0.15, 0.2) is 5.17 Å². The minimum absolute atomic E-state index is 0.701. The predicted octanol–water partition coefficient (Wildman–Crippen LogP) is 3.76. The molecule has 4 heteroatoms. The molecule has 2 N–H and O–H groups in total. The van der Waals surface area contributed by atoms with Crippen LogP contribution in [-0.2, 0) is 5.75 Å². The summed E-state index contributed by atoms with van der Waals surface area (Å²) in [6, 6.07) is 8.59. The normalized spacial score (nSPS) is 11.8. The van der Waals surface area contributed by atoms with E-state index in [4.69, 9.17) is 5.73 Å². The lowest BCUT2D eigenvalue weighted by Crippen LogP contribution is -2.07. The Hall–Kier alpha value is -0.610. The van der Waals surface area contributed by atoms with Gasteiger partial charge in [-0.2, -0.15) is 0 Å². The van der Waals surface area contributed by atoms with Gasteiger partial charge in [0.05, 0.1) is 0 Å². The Kier molecular flexibility index (Phi) is 7.21. The fourth-order valence-electron chi connectivity index (χ4n) is 1.27. The van der Waals surface area contributed by atoms with Crippen LogP contribution in [0.25, 0.3) is 0 Å². The maximum Gasteiger partial charge on any atom is 0.154 e. The Balaban J connectivity index is 2.36. The summed E-state index contributed by atoms with van der Waals surface area (Å²) < 4.78 is 0. The highest BCUT2D eigenvalue weighted by Gasteiger charge is 1.97. The molecule has 0 unspecified atom stereocenters. The highest BCUT2D eigenvalue weighted by molar-refractivity contribution is 8.13. The maximum atomic E-state index is 5.83. The lowest BCUT2D eigenvalue weighted by molar-refractivity contribution is 0.809. The number of nitrogens with two attached hydrogens (primary N) is 1. The fourth-order valence-corrected chi connectivity index (χ4v) is 2.37. The topological polar surface area (TPSA) is 38.4 Å². The zero-order chi connectivity index (χ0) is 12.5. The number of thioether (sulfide) groups is 2. The first-order chi connectivity index (χ1) is 8.26. The van der Waals surface area contributed by atoms with Crippen molar-refractivity contribution in [3.63, 3.8) is 0 Å². The Morgan fingerprint density at radius 1 is 1.29 bits per heavy atom. The molecule has 1 aromatic rings. The van der Waals surface area contributed by atoms with Gasteiger partial charge in [-0.25, -0.2) is 0 Å². The average molecular weight is 268 g/mol. The Labute approximate surface area is 112 Å². The number of rotatable bonds is 6. The second-order valence-corrected chi connectivity index (χ2v) is 5.59. The molecule has 0 aliphatic heterocycles. The van der Waals surface area contributed by atoms with Crippen LogP contribution in [0.5, 0.6) is 0 Å². The van der Waals surface area contributed by atoms with Crippen molar-refractivity contribution in [1.29, 1.82) is 0 Å². The fraction of sp³-hybridized carbons (Fsp3) is 0.462. The summed E-state index contributed by atoms with van der Waals surface area (Å²) in [7, 11) is 0. The van der Waals surface area contributed by atoms with Gasteiger partial charge in [0, 0.05) is 17.2 Å². The smallest absolute Gasteiger partial charge is 0.154 e. The third-order valence-electron chi connectivity index (χ3n) is 2.33. The van der Waals surface area contributed by atoms with Gasteiger partial charge >= 0.3 is 0 Å². The minimum atomic E-state index is 0.701. The van der Waals surface area contributed by atoms with Gasteiger partial charge < -0.3 is 5.73 Å². The largest absolute Gasteiger partial charge is 0.379 e. The van der Waals surface area contributed by atoms with Crippen LogP contribution in [-0.4, -0.2) is 18.0 Å². The zero-order valence-corrected chi connectivity index (χ0v) is 12.1. The summed E-state index contributed by atoms with van der Waals surface area (Å²) in [6.45, 7) is 3.01. The summed E-state index contributed by atoms with van der Waals surface area (Å²) in [5.41, 5.74) is 7.12. The molecule has 0 amide bonds. The van der Waals surface area contributed by atoms with Crippen molar-refractivity contribution in [2.45, 2.75) is 30.4 Å². The number of hydrogen-bond donors (Lipinski definition) is 1. The van der Waals surface area contributed by atoms with E-state index < -0.39 is 0 Å². The summed E-state index contributed by atoms with van der Waals surface area (Å²) in [5.74, 6) is 0.899. The van der Waals surface area contributed by atoms with Gasteiger partial charge in [-0.05, 0) is 30.4 Å². The molecule has 0 bridgehead atoms. The summed E-state index contributed by atoms with van der Waals surface area (Å²) in [6.07, 6.45) is 4.36. The first kappa shape index (κ1) is 14.5. The quantitative estimate of drug-likeness (QED) is 0.369. The zero-order valence-electron chi connectivity index (χ0n) is 10.5. The van der Waals surface area contributed by atoms with Crippen molar-refractivity contribution >= 4 is 28.7 Å².